The predicted octanol–water partition coefficient (Wildman–Crippen LogP) is 12.0. The highest BCUT2D eigenvalue weighted by Gasteiger charge is 2.17. The number of carbonyl (C=O) groups excluding carboxylic acids is 1. The van der Waals surface area contributed by atoms with Crippen molar-refractivity contribution >= 4 is 5.97 Å². The van der Waals surface area contributed by atoms with Crippen molar-refractivity contribution in [3.63, 3.8) is 0 Å². The zero-order valence-electron chi connectivity index (χ0n) is 25.6. The van der Waals surface area contributed by atoms with E-state index in [0.29, 0.717) is 12.5 Å². The van der Waals surface area contributed by atoms with Gasteiger partial charge in [0.15, 0.2) is 0 Å². The van der Waals surface area contributed by atoms with Crippen LogP contribution in [0, 0.1) is 11.8 Å². The minimum atomic E-state index is 0.0520. The first kappa shape index (κ1) is 35.5. The van der Waals surface area contributed by atoms with E-state index in [4.69, 9.17) is 4.74 Å². The van der Waals surface area contributed by atoms with Crippen LogP contribution in [0.25, 0.3) is 0 Å². The number of hydrogen-bond acceptors (Lipinski definition) is 2. The molecule has 216 valence electrons. The number of unbranched alkanes of at least 4 members (excludes halogenated alkanes) is 20. The number of carbonyl (C=O) groups is 1. The second-order valence-electron chi connectivity index (χ2n) is 11.8. The highest BCUT2D eigenvalue weighted by atomic mass is 16.5. The van der Waals surface area contributed by atoms with Crippen LogP contribution in [0.4, 0.5) is 0 Å². The van der Waals surface area contributed by atoms with Crippen LogP contribution in [0.1, 0.15) is 195 Å². The molecule has 0 fully saturated rings. The summed E-state index contributed by atoms with van der Waals surface area (Å²) in [6.07, 6.45) is 34.6. The molecule has 0 aromatic heterocycles. The van der Waals surface area contributed by atoms with Crippen molar-refractivity contribution in [2.24, 2.45) is 11.8 Å². The summed E-state index contributed by atoms with van der Waals surface area (Å²) in [6, 6.07) is 0. The first-order chi connectivity index (χ1) is 17.7. The smallest absolute Gasteiger partial charge is 0.308 e. The van der Waals surface area contributed by atoms with E-state index in [2.05, 4.69) is 27.7 Å². The standard InChI is InChI=1S/C34H68O2/c1-5-8-11-14-16-18-20-22-24-27-30-33(29-26-13-10-7-3)31-36-34(35)32(4)28-25-23-21-19-17-15-12-9-6-2/h32-33H,5-31H2,1-4H3. The van der Waals surface area contributed by atoms with E-state index in [1.807, 2.05) is 0 Å². The molecule has 2 atom stereocenters. The van der Waals surface area contributed by atoms with Gasteiger partial charge in [-0.1, -0.05) is 175 Å². The van der Waals surface area contributed by atoms with Crippen LogP contribution in [-0.2, 0) is 9.53 Å². The van der Waals surface area contributed by atoms with Crippen molar-refractivity contribution < 1.29 is 9.53 Å². The van der Waals surface area contributed by atoms with E-state index in [0.717, 1.165) is 6.42 Å². The number of ether oxygens (including phenoxy) is 1. The van der Waals surface area contributed by atoms with Gasteiger partial charge in [0.05, 0.1) is 12.5 Å². The maximum absolute atomic E-state index is 12.6. The van der Waals surface area contributed by atoms with Gasteiger partial charge >= 0.3 is 5.97 Å². The van der Waals surface area contributed by atoms with Gasteiger partial charge in [-0.2, -0.15) is 0 Å². The molecule has 0 heterocycles. The Kier molecular flexibility index (Phi) is 28.6. The van der Waals surface area contributed by atoms with Crippen LogP contribution in [0.15, 0.2) is 0 Å². The average Bonchev–Trinajstić information content (AvgIpc) is 2.88. The highest BCUT2D eigenvalue weighted by Crippen LogP contribution is 2.21. The lowest BCUT2D eigenvalue weighted by atomic mass is 9.94. The maximum atomic E-state index is 12.6. The molecule has 0 saturated heterocycles. The molecule has 0 aliphatic heterocycles. The summed E-state index contributed by atoms with van der Waals surface area (Å²) in [5.74, 6) is 0.684. The number of rotatable bonds is 29. The second kappa shape index (κ2) is 29.0. The van der Waals surface area contributed by atoms with Gasteiger partial charge in [-0.15, -0.1) is 0 Å². The zero-order valence-corrected chi connectivity index (χ0v) is 25.6. The first-order valence-corrected chi connectivity index (χ1v) is 16.8. The molecule has 2 unspecified atom stereocenters. The zero-order chi connectivity index (χ0) is 26.5. The molecular formula is C34H68O2. The average molecular weight is 509 g/mol. The Labute approximate surface area is 228 Å². The Hall–Kier alpha value is -0.530. The summed E-state index contributed by atoms with van der Waals surface area (Å²) in [5, 5.41) is 0. The Morgan fingerprint density at radius 1 is 0.472 bits per heavy atom. The summed E-state index contributed by atoms with van der Waals surface area (Å²) in [7, 11) is 0. The van der Waals surface area contributed by atoms with Crippen molar-refractivity contribution in [3.05, 3.63) is 0 Å². The van der Waals surface area contributed by atoms with Crippen molar-refractivity contribution in [2.45, 2.75) is 195 Å². The van der Waals surface area contributed by atoms with Crippen molar-refractivity contribution in [2.75, 3.05) is 6.61 Å². The molecule has 0 amide bonds. The lowest BCUT2D eigenvalue weighted by molar-refractivity contribution is -0.149. The second-order valence-corrected chi connectivity index (χ2v) is 11.8. The van der Waals surface area contributed by atoms with Gasteiger partial charge in [0.1, 0.15) is 0 Å². The Bertz CT molecular complexity index is 433. The monoisotopic (exact) mass is 509 g/mol. The number of hydrogen-bond donors (Lipinski definition) is 0. The van der Waals surface area contributed by atoms with Gasteiger partial charge in [0.2, 0.25) is 0 Å². The third-order valence-electron chi connectivity index (χ3n) is 8.04. The van der Waals surface area contributed by atoms with Crippen LogP contribution >= 0.6 is 0 Å². The topological polar surface area (TPSA) is 26.3 Å². The minimum absolute atomic E-state index is 0.0520. The molecule has 0 N–H and O–H groups in total. The SMILES string of the molecule is CCCCCCCCCCCCC(CCCCCC)COC(=O)C(C)CCCCCCCCCCC. The molecule has 0 bridgehead atoms. The van der Waals surface area contributed by atoms with E-state index in [9.17, 15) is 4.79 Å². The molecule has 0 rings (SSSR count). The van der Waals surface area contributed by atoms with E-state index in [-0.39, 0.29) is 11.9 Å². The van der Waals surface area contributed by atoms with Gasteiger partial charge < -0.3 is 4.74 Å². The fraction of sp³-hybridized carbons (Fsp3) is 0.971. The normalized spacial score (nSPS) is 13.1. The number of esters is 1. The van der Waals surface area contributed by atoms with Crippen molar-refractivity contribution in [1.29, 1.82) is 0 Å². The van der Waals surface area contributed by atoms with Crippen molar-refractivity contribution in [1.82, 2.24) is 0 Å². The molecule has 2 heteroatoms. The van der Waals surface area contributed by atoms with E-state index in [1.54, 1.807) is 0 Å². The van der Waals surface area contributed by atoms with Crippen LogP contribution in [-0.4, -0.2) is 12.6 Å². The minimum Gasteiger partial charge on any atom is -0.465 e. The molecule has 0 spiro atoms. The third-order valence-corrected chi connectivity index (χ3v) is 8.04. The van der Waals surface area contributed by atoms with Crippen LogP contribution in [0.2, 0.25) is 0 Å². The summed E-state index contributed by atoms with van der Waals surface area (Å²) in [6.45, 7) is 9.57. The summed E-state index contributed by atoms with van der Waals surface area (Å²) < 4.78 is 5.86. The lowest BCUT2D eigenvalue weighted by Crippen LogP contribution is -2.20. The first-order valence-electron chi connectivity index (χ1n) is 16.8. The molecule has 0 radical (unpaired) electrons. The van der Waals surface area contributed by atoms with Gasteiger partial charge in [-0.3, -0.25) is 4.79 Å². The van der Waals surface area contributed by atoms with Gasteiger partial charge in [-0.25, -0.2) is 0 Å². The Morgan fingerprint density at radius 3 is 1.17 bits per heavy atom. The fourth-order valence-electron chi connectivity index (χ4n) is 5.31. The molecule has 0 aromatic carbocycles. The Balaban J connectivity index is 3.98. The molecule has 36 heavy (non-hydrogen) atoms. The molecule has 0 aromatic rings. The van der Waals surface area contributed by atoms with Crippen LogP contribution < -0.4 is 0 Å². The van der Waals surface area contributed by atoms with E-state index < -0.39 is 0 Å². The van der Waals surface area contributed by atoms with Crippen LogP contribution in [0.3, 0.4) is 0 Å². The summed E-state index contributed by atoms with van der Waals surface area (Å²) >= 11 is 0. The molecule has 0 aliphatic rings. The van der Waals surface area contributed by atoms with Gasteiger partial charge in [-0.05, 0) is 25.2 Å². The predicted molar refractivity (Wildman–Crippen MR) is 161 cm³/mol. The van der Waals surface area contributed by atoms with Crippen LogP contribution in [0.5, 0.6) is 0 Å². The fourth-order valence-corrected chi connectivity index (χ4v) is 5.31. The largest absolute Gasteiger partial charge is 0.465 e. The molecular weight excluding hydrogens is 440 g/mol. The molecule has 0 aliphatic carbocycles. The van der Waals surface area contributed by atoms with E-state index in [1.165, 1.54) is 161 Å². The quantitative estimate of drug-likeness (QED) is 0.0741. The summed E-state index contributed by atoms with van der Waals surface area (Å²) in [4.78, 5) is 12.6. The van der Waals surface area contributed by atoms with Crippen molar-refractivity contribution in [3.8, 4) is 0 Å². The Morgan fingerprint density at radius 2 is 0.778 bits per heavy atom. The maximum Gasteiger partial charge on any atom is 0.308 e. The molecule has 0 saturated carbocycles. The van der Waals surface area contributed by atoms with Gasteiger partial charge in [0.25, 0.3) is 0 Å². The van der Waals surface area contributed by atoms with Gasteiger partial charge in [0, 0.05) is 0 Å². The lowest BCUT2D eigenvalue weighted by Gasteiger charge is -2.19. The summed E-state index contributed by atoms with van der Waals surface area (Å²) in [5.41, 5.74) is 0. The third kappa shape index (κ3) is 25.1. The highest BCUT2D eigenvalue weighted by molar-refractivity contribution is 5.71. The molecule has 2 nitrogen and oxygen atoms in total. The van der Waals surface area contributed by atoms with E-state index >= 15 is 0 Å².